The molecule has 28 heavy (non-hydrogen) atoms. The predicted octanol–water partition coefficient (Wildman–Crippen LogP) is 4.13. The second-order valence-corrected chi connectivity index (χ2v) is 8.30. The molecule has 0 bridgehead atoms. The minimum Gasteiger partial charge on any atom is -0.323 e. The van der Waals surface area contributed by atoms with Gasteiger partial charge in [0.25, 0.3) is 0 Å². The molecule has 0 amide bonds. The molecular formula is C20H19N5O2S. The van der Waals surface area contributed by atoms with Crippen LogP contribution in [0.3, 0.4) is 0 Å². The molecule has 8 heteroatoms. The zero-order valence-corrected chi connectivity index (χ0v) is 16.0. The van der Waals surface area contributed by atoms with Crippen molar-refractivity contribution in [2.75, 3.05) is 15.8 Å². The van der Waals surface area contributed by atoms with Crippen molar-refractivity contribution in [1.29, 1.82) is 0 Å². The molecular weight excluding hydrogens is 374 g/mol. The van der Waals surface area contributed by atoms with Crippen molar-refractivity contribution < 1.29 is 8.42 Å². The van der Waals surface area contributed by atoms with Crippen molar-refractivity contribution in [2.45, 2.75) is 6.92 Å². The normalized spacial score (nSPS) is 11.5. The third-order valence-electron chi connectivity index (χ3n) is 4.31. The van der Waals surface area contributed by atoms with E-state index in [1.807, 2.05) is 54.7 Å². The molecule has 7 nitrogen and oxygen atoms in total. The summed E-state index contributed by atoms with van der Waals surface area (Å²) in [5, 5.41) is 12.6. The lowest BCUT2D eigenvalue weighted by atomic mass is 10.1. The van der Waals surface area contributed by atoms with Crippen molar-refractivity contribution >= 4 is 38.1 Å². The summed E-state index contributed by atoms with van der Waals surface area (Å²) in [7, 11) is -3.28. The van der Waals surface area contributed by atoms with Crippen LogP contribution in [0.5, 0.6) is 0 Å². The Morgan fingerprint density at radius 2 is 1.71 bits per heavy atom. The molecule has 2 aromatic heterocycles. The minimum atomic E-state index is -3.28. The summed E-state index contributed by atoms with van der Waals surface area (Å²) >= 11 is 0. The van der Waals surface area contributed by atoms with Crippen LogP contribution in [-0.2, 0) is 10.0 Å². The largest absolute Gasteiger partial charge is 0.323 e. The molecule has 0 unspecified atom stereocenters. The van der Waals surface area contributed by atoms with Gasteiger partial charge in [-0.1, -0.05) is 36.4 Å². The van der Waals surface area contributed by atoms with E-state index < -0.39 is 10.0 Å². The van der Waals surface area contributed by atoms with Crippen LogP contribution in [0.25, 0.3) is 22.0 Å². The van der Waals surface area contributed by atoms with E-state index in [4.69, 9.17) is 0 Å². The first-order chi connectivity index (χ1) is 13.5. The van der Waals surface area contributed by atoms with Gasteiger partial charge in [-0.3, -0.25) is 9.82 Å². The number of benzene rings is 2. The Morgan fingerprint density at radius 1 is 0.964 bits per heavy atom. The molecule has 0 aliphatic rings. The molecule has 2 aromatic carbocycles. The van der Waals surface area contributed by atoms with Crippen LogP contribution in [0.4, 0.5) is 17.3 Å². The Labute approximate surface area is 162 Å². The van der Waals surface area contributed by atoms with Crippen molar-refractivity contribution in [3.8, 4) is 11.3 Å². The number of nitrogens with one attached hydrogen (secondary N) is 3. The van der Waals surface area contributed by atoms with E-state index in [2.05, 4.69) is 25.2 Å². The third kappa shape index (κ3) is 3.96. The van der Waals surface area contributed by atoms with Gasteiger partial charge in [-0.05, 0) is 36.1 Å². The van der Waals surface area contributed by atoms with E-state index in [0.29, 0.717) is 17.3 Å². The van der Waals surface area contributed by atoms with Crippen LogP contribution in [0, 0.1) is 0 Å². The monoisotopic (exact) mass is 393 g/mol. The number of H-pyrrole nitrogens is 1. The summed E-state index contributed by atoms with van der Waals surface area (Å²) in [6.07, 6.45) is 1.82. The third-order valence-corrected chi connectivity index (χ3v) is 5.62. The molecule has 2 heterocycles. The summed E-state index contributed by atoms with van der Waals surface area (Å²) in [6.45, 7) is 1.60. The van der Waals surface area contributed by atoms with Crippen LogP contribution in [-0.4, -0.2) is 29.4 Å². The Hall–Kier alpha value is -3.39. The van der Waals surface area contributed by atoms with Crippen LogP contribution >= 0.6 is 0 Å². The highest BCUT2D eigenvalue weighted by atomic mass is 32.2. The lowest BCUT2D eigenvalue weighted by molar-refractivity contribution is 0.602. The fourth-order valence-corrected chi connectivity index (χ4v) is 3.43. The average Bonchev–Trinajstić information content (AvgIpc) is 3.16. The van der Waals surface area contributed by atoms with Gasteiger partial charge in [0.05, 0.1) is 11.4 Å². The number of sulfonamides is 1. The van der Waals surface area contributed by atoms with E-state index in [-0.39, 0.29) is 5.75 Å². The summed E-state index contributed by atoms with van der Waals surface area (Å²) in [5.41, 5.74) is 2.24. The highest BCUT2D eigenvalue weighted by Gasteiger charge is 2.08. The summed E-state index contributed by atoms with van der Waals surface area (Å²) < 4.78 is 25.8. The summed E-state index contributed by atoms with van der Waals surface area (Å²) in [4.78, 5) is 4.41. The molecule has 0 saturated heterocycles. The first-order valence-corrected chi connectivity index (χ1v) is 10.5. The number of fused-ring (bicyclic) bond motifs is 1. The van der Waals surface area contributed by atoms with E-state index in [9.17, 15) is 8.42 Å². The van der Waals surface area contributed by atoms with Gasteiger partial charge in [0.2, 0.25) is 10.0 Å². The first kappa shape index (κ1) is 18.0. The molecule has 0 radical (unpaired) electrons. The lowest BCUT2D eigenvalue weighted by Gasteiger charge is -2.06. The zero-order valence-electron chi connectivity index (χ0n) is 15.2. The average molecular weight is 393 g/mol. The number of aromatic amines is 1. The molecule has 4 aromatic rings. The van der Waals surface area contributed by atoms with Gasteiger partial charge in [-0.2, -0.15) is 5.10 Å². The van der Waals surface area contributed by atoms with Gasteiger partial charge >= 0.3 is 0 Å². The van der Waals surface area contributed by atoms with E-state index in [1.54, 1.807) is 19.1 Å². The fourth-order valence-electron chi connectivity index (χ4n) is 2.79. The number of pyridine rings is 1. The van der Waals surface area contributed by atoms with Gasteiger partial charge in [0.15, 0.2) is 5.82 Å². The van der Waals surface area contributed by atoms with Gasteiger partial charge in [-0.25, -0.2) is 13.4 Å². The van der Waals surface area contributed by atoms with Crippen LogP contribution in [0.2, 0.25) is 0 Å². The molecule has 0 spiro atoms. The van der Waals surface area contributed by atoms with Gasteiger partial charge in [0.1, 0.15) is 5.82 Å². The standard InChI is InChI=1S/C20H19N5O2S/c1-2-28(26,27)25-17-9-7-14(8-10-17)18-12-20(24-23-18)22-19-11-15-5-3-4-6-16(15)13-21-19/h3-13,25H,2H2,1H3,(H2,21,22,23,24). The number of hydrogen-bond acceptors (Lipinski definition) is 5. The number of rotatable bonds is 6. The summed E-state index contributed by atoms with van der Waals surface area (Å²) in [6, 6.07) is 19.0. The molecule has 0 atom stereocenters. The van der Waals surface area contributed by atoms with Crippen molar-refractivity contribution in [1.82, 2.24) is 15.2 Å². The number of nitrogens with zero attached hydrogens (tertiary/aromatic N) is 2. The van der Waals surface area contributed by atoms with Gasteiger partial charge in [0, 0.05) is 23.3 Å². The van der Waals surface area contributed by atoms with Crippen molar-refractivity contribution in [3.05, 3.63) is 66.9 Å². The lowest BCUT2D eigenvalue weighted by Crippen LogP contribution is -2.14. The smallest absolute Gasteiger partial charge is 0.232 e. The first-order valence-electron chi connectivity index (χ1n) is 8.80. The van der Waals surface area contributed by atoms with E-state index in [1.165, 1.54) is 0 Å². The van der Waals surface area contributed by atoms with Crippen LogP contribution < -0.4 is 10.0 Å². The highest BCUT2D eigenvalue weighted by Crippen LogP contribution is 2.24. The number of aromatic nitrogens is 3. The molecule has 4 rings (SSSR count). The minimum absolute atomic E-state index is 0.0349. The van der Waals surface area contributed by atoms with E-state index in [0.717, 1.165) is 22.0 Å². The zero-order chi connectivity index (χ0) is 19.6. The number of hydrogen-bond donors (Lipinski definition) is 3. The molecule has 142 valence electrons. The topological polar surface area (TPSA) is 99.8 Å². The maximum absolute atomic E-state index is 11.6. The Kier molecular flexibility index (Phi) is 4.70. The molecule has 0 fully saturated rings. The maximum Gasteiger partial charge on any atom is 0.232 e. The van der Waals surface area contributed by atoms with Gasteiger partial charge in [-0.15, -0.1) is 0 Å². The quantitative estimate of drug-likeness (QED) is 0.457. The van der Waals surface area contributed by atoms with Crippen LogP contribution in [0.1, 0.15) is 6.92 Å². The van der Waals surface area contributed by atoms with Gasteiger partial charge < -0.3 is 5.32 Å². The Morgan fingerprint density at radius 3 is 2.46 bits per heavy atom. The van der Waals surface area contributed by atoms with E-state index >= 15 is 0 Å². The SMILES string of the molecule is CCS(=O)(=O)Nc1ccc(-c2cc(Nc3cc4ccccc4cn3)n[nH]2)cc1. The molecule has 3 N–H and O–H groups in total. The fraction of sp³-hybridized carbons (Fsp3) is 0.100. The summed E-state index contributed by atoms with van der Waals surface area (Å²) in [5.74, 6) is 1.39. The Balaban J connectivity index is 1.50. The molecule has 0 aliphatic carbocycles. The predicted molar refractivity (Wildman–Crippen MR) is 112 cm³/mol. The maximum atomic E-state index is 11.6. The van der Waals surface area contributed by atoms with Crippen molar-refractivity contribution in [2.24, 2.45) is 0 Å². The second-order valence-electron chi connectivity index (χ2n) is 6.29. The highest BCUT2D eigenvalue weighted by molar-refractivity contribution is 7.92. The number of anilines is 3. The molecule has 0 aliphatic heterocycles. The second kappa shape index (κ2) is 7.32. The van der Waals surface area contributed by atoms with Crippen LogP contribution in [0.15, 0.2) is 66.9 Å². The molecule has 0 saturated carbocycles. The van der Waals surface area contributed by atoms with Crippen molar-refractivity contribution in [3.63, 3.8) is 0 Å². The Bertz CT molecular complexity index is 1220.